The Labute approximate surface area is 157 Å². The zero-order valence-electron chi connectivity index (χ0n) is 14.7. The minimum absolute atomic E-state index is 0.0901. The van der Waals surface area contributed by atoms with Gasteiger partial charge in [-0.1, -0.05) is 18.2 Å². The van der Waals surface area contributed by atoms with Crippen molar-refractivity contribution in [3.05, 3.63) is 83.8 Å². The van der Waals surface area contributed by atoms with Crippen molar-refractivity contribution in [3.63, 3.8) is 0 Å². The first-order valence-corrected chi connectivity index (χ1v) is 9.92. The Morgan fingerprint density at radius 1 is 1.07 bits per heavy atom. The summed E-state index contributed by atoms with van der Waals surface area (Å²) in [6.07, 6.45) is 1.66. The molecule has 0 unspecified atom stereocenters. The number of aromatic nitrogens is 1. The molecule has 0 bridgehead atoms. The largest absolute Gasteiger partial charge is 0.497 e. The Bertz CT molecular complexity index is 1020. The maximum atomic E-state index is 13.3. The lowest BCUT2D eigenvalue weighted by molar-refractivity contribution is 0.415. The van der Waals surface area contributed by atoms with Gasteiger partial charge in [-0.05, 0) is 53.6 Å². The fourth-order valence-corrected chi connectivity index (χ4v) is 3.77. The molecule has 0 saturated heterocycles. The van der Waals surface area contributed by atoms with Gasteiger partial charge >= 0.3 is 0 Å². The molecule has 27 heavy (non-hydrogen) atoms. The molecule has 0 fully saturated rings. The summed E-state index contributed by atoms with van der Waals surface area (Å²) in [6, 6.07) is 16.5. The summed E-state index contributed by atoms with van der Waals surface area (Å²) in [5.74, 6) is -0.0214. The minimum Gasteiger partial charge on any atom is -0.497 e. The highest BCUT2D eigenvalue weighted by molar-refractivity contribution is 7.88. The summed E-state index contributed by atoms with van der Waals surface area (Å²) in [7, 11) is -2.03. The first kappa shape index (κ1) is 19.0. The molecule has 0 aliphatic heterocycles. The zero-order chi connectivity index (χ0) is 19.3. The average Bonchev–Trinajstić information content (AvgIpc) is 2.66. The Morgan fingerprint density at radius 3 is 2.56 bits per heavy atom. The van der Waals surface area contributed by atoms with Crippen molar-refractivity contribution in [3.8, 4) is 17.0 Å². The summed E-state index contributed by atoms with van der Waals surface area (Å²) < 4.78 is 45.7. The van der Waals surface area contributed by atoms with Crippen LogP contribution < -0.4 is 9.46 Å². The summed E-state index contributed by atoms with van der Waals surface area (Å²) in [6.45, 7) is 0.0901. The number of hydrogen-bond acceptors (Lipinski definition) is 4. The number of rotatable bonds is 7. The smallest absolute Gasteiger partial charge is 0.216 e. The summed E-state index contributed by atoms with van der Waals surface area (Å²) in [4.78, 5) is 4.38. The van der Waals surface area contributed by atoms with E-state index in [1.165, 1.54) is 18.2 Å². The third-order valence-electron chi connectivity index (χ3n) is 3.98. The van der Waals surface area contributed by atoms with Gasteiger partial charge in [-0.25, -0.2) is 17.5 Å². The van der Waals surface area contributed by atoms with Gasteiger partial charge in [0.2, 0.25) is 10.0 Å². The van der Waals surface area contributed by atoms with Crippen molar-refractivity contribution in [2.45, 2.75) is 12.3 Å². The molecule has 5 nitrogen and oxygen atoms in total. The lowest BCUT2D eigenvalue weighted by Gasteiger charge is -2.11. The fraction of sp³-hybridized carbons (Fsp3) is 0.150. The Balaban J connectivity index is 1.76. The lowest BCUT2D eigenvalue weighted by Crippen LogP contribution is -2.25. The van der Waals surface area contributed by atoms with Crippen LogP contribution in [0.2, 0.25) is 0 Å². The number of hydrogen-bond donors (Lipinski definition) is 1. The van der Waals surface area contributed by atoms with Crippen LogP contribution in [0.4, 0.5) is 4.39 Å². The quantitative estimate of drug-likeness (QED) is 0.675. The van der Waals surface area contributed by atoms with Gasteiger partial charge in [0.05, 0.1) is 18.6 Å². The zero-order valence-corrected chi connectivity index (χ0v) is 15.5. The van der Waals surface area contributed by atoms with Crippen LogP contribution in [-0.4, -0.2) is 20.5 Å². The molecule has 1 aromatic heterocycles. The molecule has 3 aromatic rings. The van der Waals surface area contributed by atoms with Gasteiger partial charge in [0, 0.05) is 18.3 Å². The predicted octanol–water partition coefficient (Wildman–Crippen LogP) is 3.52. The van der Waals surface area contributed by atoms with E-state index >= 15 is 0 Å². The van der Waals surface area contributed by atoms with Crippen molar-refractivity contribution in [2.75, 3.05) is 7.11 Å². The molecule has 0 atom stereocenters. The third-order valence-corrected chi connectivity index (χ3v) is 5.28. The molecule has 0 aliphatic rings. The van der Waals surface area contributed by atoms with Crippen molar-refractivity contribution in [1.82, 2.24) is 9.71 Å². The van der Waals surface area contributed by atoms with Crippen LogP contribution >= 0.6 is 0 Å². The van der Waals surface area contributed by atoms with Gasteiger partial charge < -0.3 is 4.74 Å². The summed E-state index contributed by atoms with van der Waals surface area (Å²) in [5.41, 5.74) is 2.68. The van der Waals surface area contributed by atoms with Crippen molar-refractivity contribution >= 4 is 10.0 Å². The van der Waals surface area contributed by atoms with Crippen LogP contribution in [0, 0.1) is 5.82 Å². The molecule has 1 heterocycles. The second kappa shape index (κ2) is 8.28. The molecule has 0 aliphatic carbocycles. The van der Waals surface area contributed by atoms with Crippen molar-refractivity contribution in [1.29, 1.82) is 0 Å². The summed E-state index contributed by atoms with van der Waals surface area (Å²) in [5, 5.41) is 0. The maximum absolute atomic E-state index is 13.3. The molecule has 140 valence electrons. The second-order valence-corrected chi connectivity index (χ2v) is 7.76. The van der Waals surface area contributed by atoms with Gasteiger partial charge in [0.15, 0.2) is 0 Å². The highest BCUT2D eigenvalue weighted by Gasteiger charge is 2.14. The molecule has 2 aromatic carbocycles. The van der Waals surface area contributed by atoms with E-state index < -0.39 is 15.8 Å². The minimum atomic E-state index is -3.62. The van der Waals surface area contributed by atoms with Crippen LogP contribution in [0.15, 0.2) is 66.9 Å². The van der Waals surface area contributed by atoms with Gasteiger partial charge in [0.25, 0.3) is 0 Å². The van der Waals surface area contributed by atoms with E-state index in [4.69, 9.17) is 4.74 Å². The van der Waals surface area contributed by atoms with E-state index in [0.29, 0.717) is 11.3 Å². The van der Waals surface area contributed by atoms with Crippen LogP contribution in [-0.2, 0) is 22.3 Å². The fourth-order valence-electron chi connectivity index (χ4n) is 2.67. The van der Waals surface area contributed by atoms with E-state index in [1.54, 1.807) is 25.4 Å². The van der Waals surface area contributed by atoms with E-state index in [1.807, 2.05) is 30.3 Å². The molecule has 1 N–H and O–H groups in total. The topological polar surface area (TPSA) is 68.3 Å². The third kappa shape index (κ3) is 5.12. The number of sulfonamides is 1. The molecule has 0 amide bonds. The average molecular weight is 386 g/mol. The lowest BCUT2D eigenvalue weighted by atomic mass is 10.1. The van der Waals surface area contributed by atoms with Crippen molar-refractivity contribution < 1.29 is 17.5 Å². The number of pyridine rings is 1. The van der Waals surface area contributed by atoms with Crippen LogP contribution in [0.1, 0.15) is 11.1 Å². The monoisotopic (exact) mass is 386 g/mol. The number of methoxy groups -OCH3 is 1. The molecular formula is C20H19FN2O3S. The van der Waals surface area contributed by atoms with Gasteiger partial charge in [-0.3, -0.25) is 4.98 Å². The second-order valence-electron chi connectivity index (χ2n) is 5.95. The molecule has 0 saturated carbocycles. The number of ether oxygens (including phenoxy) is 1. The Kier molecular flexibility index (Phi) is 5.83. The SMILES string of the molecule is COc1ccc(-c2ncccc2CNS(=O)(=O)Cc2cccc(F)c2)cc1. The van der Waals surface area contributed by atoms with Crippen LogP contribution in [0.5, 0.6) is 5.75 Å². The summed E-state index contributed by atoms with van der Waals surface area (Å²) >= 11 is 0. The predicted molar refractivity (Wildman–Crippen MR) is 102 cm³/mol. The maximum Gasteiger partial charge on any atom is 0.216 e. The molecule has 3 rings (SSSR count). The van der Waals surface area contributed by atoms with Gasteiger partial charge in [-0.15, -0.1) is 0 Å². The number of nitrogens with one attached hydrogen (secondary N) is 1. The number of benzene rings is 2. The number of nitrogens with zero attached hydrogens (tertiary/aromatic N) is 1. The highest BCUT2D eigenvalue weighted by atomic mass is 32.2. The molecular weight excluding hydrogens is 367 g/mol. The molecule has 7 heteroatoms. The first-order valence-electron chi connectivity index (χ1n) is 8.27. The van der Waals surface area contributed by atoms with E-state index in [9.17, 15) is 12.8 Å². The van der Waals surface area contributed by atoms with E-state index in [0.717, 1.165) is 16.9 Å². The Hall–Kier alpha value is -2.77. The van der Waals surface area contributed by atoms with Crippen molar-refractivity contribution in [2.24, 2.45) is 0 Å². The molecule has 0 spiro atoms. The standard InChI is InChI=1S/C20H19FN2O3S/c1-26-19-9-7-16(8-10-19)20-17(5-3-11-22-20)13-23-27(24,25)14-15-4-2-6-18(21)12-15/h2-12,23H,13-14H2,1H3. The van der Waals surface area contributed by atoms with Crippen LogP contribution in [0.3, 0.4) is 0 Å². The van der Waals surface area contributed by atoms with Crippen LogP contribution in [0.25, 0.3) is 11.3 Å². The number of halogens is 1. The van der Waals surface area contributed by atoms with Gasteiger partial charge in [-0.2, -0.15) is 0 Å². The van der Waals surface area contributed by atoms with E-state index in [2.05, 4.69) is 9.71 Å². The highest BCUT2D eigenvalue weighted by Crippen LogP contribution is 2.24. The normalized spacial score (nSPS) is 11.3. The van der Waals surface area contributed by atoms with E-state index in [-0.39, 0.29) is 12.3 Å². The first-order chi connectivity index (χ1) is 13.0. The molecule has 0 radical (unpaired) electrons. The van der Waals surface area contributed by atoms with Gasteiger partial charge in [0.1, 0.15) is 11.6 Å². The Morgan fingerprint density at radius 2 is 1.85 bits per heavy atom.